The van der Waals surface area contributed by atoms with Gasteiger partial charge in [-0.15, -0.1) is 0 Å². The van der Waals surface area contributed by atoms with Crippen LogP contribution in [-0.4, -0.2) is 11.6 Å². The lowest BCUT2D eigenvalue weighted by Crippen LogP contribution is -2.24. The van der Waals surface area contributed by atoms with Crippen molar-refractivity contribution in [3.05, 3.63) is 32.9 Å². The van der Waals surface area contributed by atoms with Crippen LogP contribution >= 0.6 is 22.6 Å². The van der Waals surface area contributed by atoms with E-state index in [1.807, 2.05) is 45.9 Å². The summed E-state index contributed by atoms with van der Waals surface area (Å²) in [6.45, 7) is 7.57. The lowest BCUT2D eigenvalue weighted by atomic mass is 10.1. The van der Waals surface area contributed by atoms with Crippen molar-refractivity contribution >= 4 is 28.6 Å². The molecular weight excluding hydrogens is 303 g/mol. The fraction of sp³-hybridized carbons (Fsp3) is 0.417. The first-order valence-electron chi connectivity index (χ1n) is 4.78. The zero-order chi connectivity index (χ0) is 11.6. The van der Waals surface area contributed by atoms with E-state index in [-0.39, 0.29) is 5.97 Å². The maximum atomic E-state index is 11.7. The number of carbonyl (C=O) groups is 1. The second-order valence-corrected chi connectivity index (χ2v) is 5.76. The van der Waals surface area contributed by atoms with E-state index in [1.54, 1.807) is 0 Å². The van der Waals surface area contributed by atoms with Crippen LogP contribution in [-0.2, 0) is 4.74 Å². The van der Waals surface area contributed by atoms with Gasteiger partial charge < -0.3 is 4.74 Å². The highest BCUT2D eigenvalue weighted by molar-refractivity contribution is 14.1. The van der Waals surface area contributed by atoms with Gasteiger partial charge in [-0.25, -0.2) is 4.79 Å². The largest absolute Gasteiger partial charge is 0.456 e. The van der Waals surface area contributed by atoms with Crippen molar-refractivity contribution in [3.63, 3.8) is 0 Å². The Hall–Kier alpha value is -0.580. The standard InChI is InChI=1S/C12H15IO2/c1-8-5-9(7-10(13)6-8)11(14)15-12(2,3)4/h5-7H,1-4H3. The molecule has 2 nitrogen and oxygen atoms in total. The number of rotatable bonds is 1. The van der Waals surface area contributed by atoms with Gasteiger partial charge in [-0.3, -0.25) is 0 Å². The molecule has 0 unspecified atom stereocenters. The van der Waals surface area contributed by atoms with Crippen molar-refractivity contribution in [2.75, 3.05) is 0 Å². The molecule has 1 aromatic carbocycles. The number of ether oxygens (including phenoxy) is 1. The molecular formula is C12H15IO2. The molecule has 3 heteroatoms. The molecule has 0 bridgehead atoms. The maximum Gasteiger partial charge on any atom is 0.338 e. The molecule has 0 aromatic heterocycles. The molecule has 1 rings (SSSR count). The molecule has 82 valence electrons. The van der Waals surface area contributed by atoms with E-state index in [0.29, 0.717) is 5.56 Å². The first kappa shape index (κ1) is 12.5. The monoisotopic (exact) mass is 318 g/mol. The van der Waals surface area contributed by atoms with E-state index >= 15 is 0 Å². The highest BCUT2D eigenvalue weighted by atomic mass is 127. The van der Waals surface area contributed by atoms with Gasteiger partial charge in [0.25, 0.3) is 0 Å². The maximum absolute atomic E-state index is 11.7. The topological polar surface area (TPSA) is 26.3 Å². The van der Waals surface area contributed by atoms with E-state index in [1.165, 1.54) is 0 Å². The molecule has 0 aliphatic heterocycles. The van der Waals surface area contributed by atoms with Gasteiger partial charge in [0.2, 0.25) is 0 Å². The summed E-state index contributed by atoms with van der Waals surface area (Å²) in [5.74, 6) is -0.260. The van der Waals surface area contributed by atoms with Crippen LogP contribution < -0.4 is 0 Å². The number of esters is 1. The number of benzene rings is 1. The minimum absolute atomic E-state index is 0.260. The summed E-state index contributed by atoms with van der Waals surface area (Å²) >= 11 is 2.19. The Kier molecular flexibility index (Phi) is 3.76. The van der Waals surface area contributed by atoms with Crippen molar-refractivity contribution in [3.8, 4) is 0 Å². The van der Waals surface area contributed by atoms with Gasteiger partial charge in [-0.1, -0.05) is 0 Å². The third kappa shape index (κ3) is 4.20. The van der Waals surface area contributed by atoms with Crippen LogP contribution in [0.4, 0.5) is 0 Å². The average Bonchev–Trinajstić information content (AvgIpc) is 1.98. The summed E-state index contributed by atoms with van der Waals surface area (Å²) in [7, 11) is 0. The van der Waals surface area contributed by atoms with Gasteiger partial charge in [-0.05, 0) is 74.0 Å². The van der Waals surface area contributed by atoms with Gasteiger partial charge >= 0.3 is 5.97 Å². The molecule has 1 aromatic rings. The van der Waals surface area contributed by atoms with Gasteiger partial charge in [0.15, 0.2) is 0 Å². The summed E-state index contributed by atoms with van der Waals surface area (Å²) in [4.78, 5) is 11.7. The van der Waals surface area contributed by atoms with E-state index in [0.717, 1.165) is 9.13 Å². The molecule has 0 amide bonds. The van der Waals surface area contributed by atoms with Crippen molar-refractivity contribution in [1.29, 1.82) is 0 Å². The number of hydrogen-bond donors (Lipinski definition) is 0. The molecule has 0 radical (unpaired) electrons. The summed E-state index contributed by atoms with van der Waals surface area (Å²) in [6.07, 6.45) is 0. The molecule has 0 aliphatic rings. The Morgan fingerprint density at radius 2 is 1.87 bits per heavy atom. The van der Waals surface area contributed by atoms with Crippen LogP contribution in [0.25, 0.3) is 0 Å². The first-order chi connectivity index (χ1) is 6.78. The van der Waals surface area contributed by atoms with Crippen molar-refractivity contribution in [2.45, 2.75) is 33.3 Å². The molecule has 0 spiro atoms. The smallest absolute Gasteiger partial charge is 0.338 e. The van der Waals surface area contributed by atoms with Gasteiger partial charge in [-0.2, -0.15) is 0 Å². The quantitative estimate of drug-likeness (QED) is 0.585. The molecule has 0 heterocycles. The normalized spacial score (nSPS) is 11.3. The molecule has 0 aliphatic carbocycles. The molecule has 15 heavy (non-hydrogen) atoms. The summed E-state index contributed by atoms with van der Waals surface area (Å²) in [6, 6.07) is 5.70. The lowest BCUT2D eigenvalue weighted by Gasteiger charge is -2.19. The Balaban J connectivity index is 2.92. The van der Waals surface area contributed by atoms with Crippen molar-refractivity contribution < 1.29 is 9.53 Å². The van der Waals surface area contributed by atoms with Crippen LogP contribution in [0, 0.1) is 10.5 Å². The van der Waals surface area contributed by atoms with Crippen molar-refractivity contribution in [2.24, 2.45) is 0 Å². The highest BCUT2D eigenvalue weighted by Crippen LogP contribution is 2.16. The van der Waals surface area contributed by atoms with Gasteiger partial charge in [0, 0.05) is 3.57 Å². The second kappa shape index (κ2) is 4.51. The van der Waals surface area contributed by atoms with E-state index in [2.05, 4.69) is 22.6 Å². The van der Waals surface area contributed by atoms with Crippen LogP contribution in [0.3, 0.4) is 0 Å². The summed E-state index contributed by atoms with van der Waals surface area (Å²) in [5, 5.41) is 0. The van der Waals surface area contributed by atoms with Crippen LogP contribution in [0.15, 0.2) is 18.2 Å². The van der Waals surface area contributed by atoms with Crippen LogP contribution in [0.2, 0.25) is 0 Å². The minimum atomic E-state index is -0.438. The van der Waals surface area contributed by atoms with Crippen LogP contribution in [0.5, 0.6) is 0 Å². The van der Waals surface area contributed by atoms with Gasteiger partial charge in [0.1, 0.15) is 5.60 Å². The third-order valence-electron chi connectivity index (χ3n) is 1.68. The SMILES string of the molecule is Cc1cc(I)cc(C(=O)OC(C)(C)C)c1. The highest BCUT2D eigenvalue weighted by Gasteiger charge is 2.18. The zero-order valence-corrected chi connectivity index (χ0v) is 11.6. The number of halogens is 1. The number of aryl methyl sites for hydroxylation is 1. The summed E-state index contributed by atoms with van der Waals surface area (Å²) < 4.78 is 6.34. The molecule has 0 fully saturated rings. The first-order valence-corrected chi connectivity index (χ1v) is 5.86. The minimum Gasteiger partial charge on any atom is -0.456 e. The second-order valence-electron chi connectivity index (χ2n) is 4.52. The fourth-order valence-electron chi connectivity index (χ4n) is 1.19. The zero-order valence-electron chi connectivity index (χ0n) is 9.43. The Morgan fingerprint density at radius 1 is 1.27 bits per heavy atom. The molecule has 0 saturated heterocycles. The van der Waals surface area contributed by atoms with Crippen molar-refractivity contribution in [1.82, 2.24) is 0 Å². The predicted molar refractivity (Wildman–Crippen MR) is 69.1 cm³/mol. The Bertz CT molecular complexity index is 357. The molecule has 0 saturated carbocycles. The Labute approximate surface area is 104 Å². The van der Waals surface area contributed by atoms with E-state index in [4.69, 9.17) is 4.74 Å². The molecule has 0 N–H and O–H groups in total. The number of hydrogen-bond acceptors (Lipinski definition) is 2. The average molecular weight is 318 g/mol. The fourth-order valence-corrected chi connectivity index (χ4v) is 2.02. The number of carbonyl (C=O) groups excluding carboxylic acids is 1. The van der Waals surface area contributed by atoms with Gasteiger partial charge in [0.05, 0.1) is 5.56 Å². The third-order valence-corrected chi connectivity index (χ3v) is 2.30. The lowest BCUT2D eigenvalue weighted by molar-refractivity contribution is 0.00693. The Morgan fingerprint density at radius 3 is 2.33 bits per heavy atom. The predicted octanol–water partition coefficient (Wildman–Crippen LogP) is 3.55. The summed E-state index contributed by atoms with van der Waals surface area (Å²) in [5.41, 5.74) is 1.25. The van der Waals surface area contributed by atoms with Crippen LogP contribution in [0.1, 0.15) is 36.7 Å². The van der Waals surface area contributed by atoms with E-state index in [9.17, 15) is 4.79 Å². The van der Waals surface area contributed by atoms with E-state index < -0.39 is 5.60 Å². The molecule has 0 atom stereocenters.